The summed E-state index contributed by atoms with van der Waals surface area (Å²) in [6.45, 7) is 0.234. The summed E-state index contributed by atoms with van der Waals surface area (Å²) in [7, 11) is 0. The Balaban J connectivity index is 2.62. The van der Waals surface area contributed by atoms with Crippen molar-refractivity contribution >= 4 is 18.5 Å². The fourth-order valence-corrected chi connectivity index (χ4v) is 1.22. The predicted octanol–water partition coefficient (Wildman–Crippen LogP) is 1.11. The van der Waals surface area contributed by atoms with Crippen LogP contribution in [0.2, 0.25) is 0 Å². The highest BCUT2D eigenvalue weighted by atomic mass is 32.1. The number of amides is 1. The molecule has 0 heterocycles. The van der Waals surface area contributed by atoms with Gasteiger partial charge in [0.05, 0.1) is 6.61 Å². The van der Waals surface area contributed by atoms with Gasteiger partial charge in [-0.1, -0.05) is 24.8 Å². The molecule has 0 saturated heterocycles. The molecule has 75 valence electrons. The van der Waals surface area contributed by atoms with Gasteiger partial charge in [0.15, 0.2) is 0 Å². The van der Waals surface area contributed by atoms with Crippen LogP contribution in [0.4, 0.5) is 0 Å². The molecule has 1 aromatic rings. The fourth-order valence-electron chi connectivity index (χ4n) is 1.02. The smallest absolute Gasteiger partial charge is 0.251 e. The van der Waals surface area contributed by atoms with E-state index in [-0.39, 0.29) is 19.1 Å². The SMILES string of the molecule is O=C(NCCO)c1ccc(C[S])cc1. The molecule has 1 amide bonds. The van der Waals surface area contributed by atoms with Crippen LogP contribution in [0.5, 0.6) is 0 Å². The highest BCUT2D eigenvalue weighted by Crippen LogP contribution is 2.06. The van der Waals surface area contributed by atoms with Gasteiger partial charge in [-0.15, -0.1) is 0 Å². The zero-order valence-electron chi connectivity index (χ0n) is 7.69. The number of carbonyl (C=O) groups is 1. The standard InChI is InChI=1S/C10H12NO2S/c12-6-5-11-10(13)9-3-1-8(7-14)2-4-9/h1-4,12H,5-7H2,(H,11,13). The maximum absolute atomic E-state index is 11.4. The van der Waals surface area contributed by atoms with Crippen LogP contribution in [0, 0.1) is 0 Å². The zero-order chi connectivity index (χ0) is 10.4. The third-order valence-electron chi connectivity index (χ3n) is 1.78. The summed E-state index contributed by atoms with van der Waals surface area (Å²) in [6, 6.07) is 7.13. The summed E-state index contributed by atoms with van der Waals surface area (Å²) >= 11 is 4.86. The number of aliphatic hydroxyl groups excluding tert-OH is 1. The molecule has 0 aliphatic rings. The highest BCUT2D eigenvalue weighted by molar-refractivity contribution is 7.79. The second-order valence-corrected chi connectivity index (χ2v) is 3.11. The molecule has 0 aliphatic carbocycles. The van der Waals surface area contributed by atoms with E-state index in [1.165, 1.54) is 0 Å². The van der Waals surface area contributed by atoms with Crippen molar-refractivity contribution in [1.82, 2.24) is 5.32 Å². The number of benzene rings is 1. The number of rotatable bonds is 4. The van der Waals surface area contributed by atoms with Gasteiger partial charge < -0.3 is 10.4 Å². The average Bonchev–Trinajstić information content (AvgIpc) is 2.26. The second kappa shape index (κ2) is 5.67. The molecule has 1 rings (SSSR count). The number of aliphatic hydroxyl groups is 1. The van der Waals surface area contributed by atoms with Gasteiger partial charge in [-0.2, -0.15) is 0 Å². The highest BCUT2D eigenvalue weighted by Gasteiger charge is 2.03. The Morgan fingerprint density at radius 3 is 2.50 bits per heavy atom. The van der Waals surface area contributed by atoms with E-state index in [1.807, 2.05) is 12.1 Å². The summed E-state index contributed by atoms with van der Waals surface area (Å²) in [5.41, 5.74) is 1.62. The van der Waals surface area contributed by atoms with Gasteiger partial charge in [-0.05, 0) is 17.7 Å². The molecule has 2 N–H and O–H groups in total. The molecule has 0 fully saturated rings. The maximum Gasteiger partial charge on any atom is 0.251 e. The van der Waals surface area contributed by atoms with Crippen LogP contribution in [-0.4, -0.2) is 24.2 Å². The summed E-state index contributed by atoms with van der Waals surface area (Å²) in [6.07, 6.45) is 0. The summed E-state index contributed by atoms with van der Waals surface area (Å²) in [5.74, 6) is 0.383. The molecule has 4 heteroatoms. The number of hydrogen-bond acceptors (Lipinski definition) is 2. The number of nitrogens with one attached hydrogen (secondary N) is 1. The molecule has 14 heavy (non-hydrogen) atoms. The van der Waals surface area contributed by atoms with E-state index in [9.17, 15) is 4.79 Å². The van der Waals surface area contributed by atoms with E-state index < -0.39 is 0 Å². The van der Waals surface area contributed by atoms with Gasteiger partial charge in [0.1, 0.15) is 0 Å². The minimum absolute atomic E-state index is 0.0457. The lowest BCUT2D eigenvalue weighted by Crippen LogP contribution is -2.26. The van der Waals surface area contributed by atoms with E-state index in [2.05, 4.69) is 5.32 Å². The Hall–Kier alpha value is -1.00. The topological polar surface area (TPSA) is 49.3 Å². The lowest BCUT2D eigenvalue weighted by atomic mass is 10.1. The van der Waals surface area contributed by atoms with E-state index in [0.717, 1.165) is 5.56 Å². The fraction of sp³-hybridized carbons (Fsp3) is 0.300. The Bertz CT molecular complexity index is 297. The lowest BCUT2D eigenvalue weighted by molar-refractivity contribution is 0.0945. The summed E-state index contributed by atoms with van der Waals surface area (Å²) < 4.78 is 0. The summed E-state index contributed by atoms with van der Waals surface area (Å²) in [4.78, 5) is 11.4. The Kier molecular flexibility index (Phi) is 4.49. The summed E-state index contributed by atoms with van der Waals surface area (Å²) in [5, 5.41) is 11.1. The third-order valence-corrected chi connectivity index (χ3v) is 2.11. The van der Waals surface area contributed by atoms with Crippen molar-refractivity contribution in [2.24, 2.45) is 0 Å². The van der Waals surface area contributed by atoms with Crippen molar-refractivity contribution in [3.05, 3.63) is 35.4 Å². The Labute approximate surface area is 88.6 Å². The van der Waals surface area contributed by atoms with Gasteiger partial charge in [0, 0.05) is 17.9 Å². The molecule has 1 aromatic carbocycles. The number of hydrogen-bond donors (Lipinski definition) is 2. The van der Waals surface area contributed by atoms with Crippen molar-refractivity contribution in [3.8, 4) is 0 Å². The first-order chi connectivity index (χ1) is 6.77. The second-order valence-electron chi connectivity index (χ2n) is 2.82. The van der Waals surface area contributed by atoms with E-state index in [1.54, 1.807) is 12.1 Å². The van der Waals surface area contributed by atoms with Crippen molar-refractivity contribution in [1.29, 1.82) is 0 Å². The molecule has 3 nitrogen and oxygen atoms in total. The minimum Gasteiger partial charge on any atom is -0.395 e. The zero-order valence-corrected chi connectivity index (χ0v) is 8.51. The maximum atomic E-state index is 11.4. The molecule has 0 unspecified atom stereocenters. The van der Waals surface area contributed by atoms with Crippen LogP contribution in [0.15, 0.2) is 24.3 Å². The minimum atomic E-state index is -0.171. The molecule has 0 aliphatic heterocycles. The van der Waals surface area contributed by atoms with Crippen LogP contribution >= 0.6 is 12.6 Å². The monoisotopic (exact) mass is 210 g/mol. The molecule has 0 atom stereocenters. The van der Waals surface area contributed by atoms with E-state index >= 15 is 0 Å². The van der Waals surface area contributed by atoms with E-state index in [4.69, 9.17) is 17.7 Å². The molecule has 0 spiro atoms. The molecular weight excluding hydrogens is 198 g/mol. The van der Waals surface area contributed by atoms with Crippen LogP contribution in [0.25, 0.3) is 0 Å². The third kappa shape index (κ3) is 3.05. The van der Waals surface area contributed by atoms with Gasteiger partial charge in [-0.25, -0.2) is 0 Å². The van der Waals surface area contributed by atoms with Crippen LogP contribution in [-0.2, 0) is 5.75 Å². The van der Waals surface area contributed by atoms with Gasteiger partial charge in [0.25, 0.3) is 5.91 Å². The number of carbonyl (C=O) groups excluding carboxylic acids is 1. The first-order valence-electron chi connectivity index (χ1n) is 4.34. The lowest BCUT2D eigenvalue weighted by Gasteiger charge is -2.03. The first-order valence-corrected chi connectivity index (χ1v) is 4.91. The average molecular weight is 210 g/mol. The Morgan fingerprint density at radius 2 is 2.00 bits per heavy atom. The van der Waals surface area contributed by atoms with Crippen molar-refractivity contribution in [3.63, 3.8) is 0 Å². The quantitative estimate of drug-likeness (QED) is 0.782. The molecule has 0 saturated carbocycles. The largest absolute Gasteiger partial charge is 0.395 e. The van der Waals surface area contributed by atoms with E-state index in [0.29, 0.717) is 11.3 Å². The van der Waals surface area contributed by atoms with Crippen molar-refractivity contribution in [2.45, 2.75) is 5.75 Å². The molecule has 0 bridgehead atoms. The normalized spacial score (nSPS) is 9.86. The Morgan fingerprint density at radius 1 is 1.36 bits per heavy atom. The predicted molar refractivity (Wildman–Crippen MR) is 57.2 cm³/mol. The van der Waals surface area contributed by atoms with Crippen molar-refractivity contribution < 1.29 is 9.90 Å². The van der Waals surface area contributed by atoms with Gasteiger partial charge in [0.2, 0.25) is 0 Å². The van der Waals surface area contributed by atoms with Crippen molar-refractivity contribution in [2.75, 3.05) is 13.2 Å². The van der Waals surface area contributed by atoms with Gasteiger partial charge in [-0.3, -0.25) is 4.79 Å². The first kappa shape index (κ1) is 11.1. The van der Waals surface area contributed by atoms with Gasteiger partial charge >= 0.3 is 0 Å². The van der Waals surface area contributed by atoms with Crippen LogP contribution in [0.3, 0.4) is 0 Å². The van der Waals surface area contributed by atoms with Crippen LogP contribution < -0.4 is 5.32 Å². The molecule has 1 radical (unpaired) electrons. The molecule has 0 aromatic heterocycles. The van der Waals surface area contributed by atoms with Crippen LogP contribution in [0.1, 0.15) is 15.9 Å². The molecular formula is C10H12NO2S.